The Hall–Kier alpha value is -4.48. The molecule has 46 heavy (non-hydrogen) atoms. The van der Waals surface area contributed by atoms with Gasteiger partial charge in [0, 0.05) is 16.1 Å². The lowest BCUT2D eigenvalue weighted by Gasteiger charge is -2.23. The highest BCUT2D eigenvalue weighted by molar-refractivity contribution is 6.35. The van der Waals surface area contributed by atoms with Crippen LogP contribution in [0, 0.1) is 0 Å². The normalized spacial score (nSPS) is 14.9. The van der Waals surface area contributed by atoms with E-state index in [1.807, 2.05) is 18.2 Å². The van der Waals surface area contributed by atoms with Crippen LogP contribution in [0.15, 0.2) is 79.0 Å². The van der Waals surface area contributed by atoms with E-state index in [4.69, 9.17) is 44.4 Å². The van der Waals surface area contributed by atoms with E-state index in [9.17, 15) is 14.4 Å². The molecule has 1 unspecified atom stereocenters. The minimum Gasteiger partial charge on any atom is -0.453 e. The second-order valence-corrected chi connectivity index (χ2v) is 12.2. The molecule has 13 heteroatoms. The van der Waals surface area contributed by atoms with Crippen LogP contribution in [0.3, 0.4) is 0 Å². The molecule has 2 aliphatic rings. The Bertz CT molecular complexity index is 1990. The summed E-state index contributed by atoms with van der Waals surface area (Å²) in [6.07, 6.45) is 3.85. The van der Waals surface area contributed by atoms with Gasteiger partial charge in [0.2, 0.25) is 0 Å². The fraction of sp³-hybridized carbons (Fsp3) is 0.182. The molecule has 2 aromatic heterocycles. The molecular formula is C33H24Cl3N5O5. The number of carbonyl (C=O) groups is 3. The van der Waals surface area contributed by atoms with Gasteiger partial charge in [0.25, 0.3) is 17.7 Å². The van der Waals surface area contributed by atoms with Crippen LogP contribution < -0.4 is 10.1 Å². The van der Waals surface area contributed by atoms with E-state index in [0.29, 0.717) is 38.0 Å². The summed E-state index contributed by atoms with van der Waals surface area (Å²) in [5.74, 6) is -0.609. The van der Waals surface area contributed by atoms with Gasteiger partial charge in [-0.3, -0.25) is 19.2 Å². The Morgan fingerprint density at radius 1 is 0.957 bits per heavy atom. The van der Waals surface area contributed by atoms with Crippen molar-refractivity contribution >= 4 is 58.2 Å². The smallest absolute Gasteiger partial charge is 0.285 e. The van der Waals surface area contributed by atoms with Crippen molar-refractivity contribution in [2.24, 2.45) is 0 Å². The first kappa shape index (κ1) is 30.2. The van der Waals surface area contributed by atoms with Gasteiger partial charge in [-0.05, 0) is 72.7 Å². The van der Waals surface area contributed by atoms with Crippen molar-refractivity contribution < 1.29 is 24.0 Å². The number of nitrogens with one attached hydrogen (secondary N) is 1. The fourth-order valence-electron chi connectivity index (χ4n) is 5.36. The third-order valence-corrected chi connectivity index (χ3v) is 8.52. The molecule has 5 aromatic rings. The van der Waals surface area contributed by atoms with E-state index in [-0.39, 0.29) is 40.8 Å². The molecule has 1 atom stereocenters. The van der Waals surface area contributed by atoms with Gasteiger partial charge in [-0.1, -0.05) is 65.1 Å². The highest BCUT2D eigenvalue weighted by atomic mass is 35.5. The highest BCUT2D eigenvalue weighted by Crippen LogP contribution is 2.41. The maximum Gasteiger partial charge on any atom is 0.285 e. The number of carbonyl (C=O) groups excluding carboxylic acids is 3. The molecule has 0 saturated heterocycles. The summed E-state index contributed by atoms with van der Waals surface area (Å²) in [4.78, 5) is 50.2. The van der Waals surface area contributed by atoms with Gasteiger partial charge in [-0.2, -0.15) is 5.10 Å². The van der Waals surface area contributed by atoms with E-state index >= 15 is 0 Å². The van der Waals surface area contributed by atoms with Gasteiger partial charge in [0.1, 0.15) is 5.75 Å². The summed E-state index contributed by atoms with van der Waals surface area (Å²) in [5, 5.41) is 8.87. The summed E-state index contributed by atoms with van der Waals surface area (Å²) < 4.78 is 7.51. The van der Waals surface area contributed by atoms with Gasteiger partial charge in [0.05, 0.1) is 30.0 Å². The first-order chi connectivity index (χ1) is 22.2. The van der Waals surface area contributed by atoms with E-state index in [1.165, 1.54) is 16.8 Å². The maximum absolute atomic E-state index is 14.1. The molecule has 0 spiro atoms. The number of ether oxygens (including phenoxy) is 1. The third kappa shape index (κ3) is 6.04. The number of benzene rings is 3. The number of fused-ring (bicyclic) bond motifs is 2. The monoisotopic (exact) mass is 675 g/mol. The van der Waals surface area contributed by atoms with Crippen molar-refractivity contribution in [3.8, 4) is 11.5 Å². The van der Waals surface area contributed by atoms with Crippen LogP contribution in [0.5, 0.6) is 11.5 Å². The van der Waals surface area contributed by atoms with Crippen LogP contribution in [-0.2, 0) is 11.3 Å². The highest BCUT2D eigenvalue weighted by Gasteiger charge is 2.37. The molecule has 10 nitrogen and oxygen atoms in total. The first-order valence-electron chi connectivity index (χ1n) is 14.4. The number of amides is 3. The number of imide groups is 1. The molecule has 1 aliphatic heterocycles. The second-order valence-electron chi connectivity index (χ2n) is 11.0. The number of nitrogens with zero attached hydrogens (tertiary/aromatic N) is 4. The molecule has 7 rings (SSSR count). The third-order valence-electron chi connectivity index (χ3n) is 7.75. The van der Waals surface area contributed by atoms with Crippen LogP contribution in [0.1, 0.15) is 61.1 Å². The maximum atomic E-state index is 14.1. The molecule has 3 heterocycles. The van der Waals surface area contributed by atoms with E-state index in [0.717, 1.165) is 18.4 Å². The van der Waals surface area contributed by atoms with Gasteiger partial charge in [-0.25, -0.2) is 9.50 Å². The Labute approximate surface area is 277 Å². The summed E-state index contributed by atoms with van der Waals surface area (Å²) in [5.41, 5.74) is 2.63. The Morgan fingerprint density at radius 3 is 2.43 bits per heavy atom. The predicted octanol–water partition coefficient (Wildman–Crippen LogP) is 6.93. The minimum atomic E-state index is -0.796. The number of halogens is 3. The summed E-state index contributed by atoms with van der Waals surface area (Å²) >= 11 is 18.8. The van der Waals surface area contributed by atoms with E-state index in [2.05, 4.69) is 15.4 Å². The van der Waals surface area contributed by atoms with Crippen LogP contribution in [0.4, 0.5) is 0 Å². The summed E-state index contributed by atoms with van der Waals surface area (Å²) in [6.45, 7) is -0.260. The van der Waals surface area contributed by atoms with E-state index < -0.39 is 23.8 Å². The number of hydroxylamine groups is 2. The van der Waals surface area contributed by atoms with Gasteiger partial charge < -0.3 is 10.1 Å². The average Bonchev–Trinajstić information content (AvgIpc) is 3.78. The molecule has 1 saturated carbocycles. The molecule has 0 radical (unpaired) electrons. The Balaban J connectivity index is 1.19. The fourth-order valence-corrected chi connectivity index (χ4v) is 6.01. The minimum absolute atomic E-state index is 0.0293. The first-order valence-corrected chi connectivity index (χ1v) is 15.6. The van der Waals surface area contributed by atoms with Crippen molar-refractivity contribution in [3.05, 3.63) is 122 Å². The number of aromatic nitrogens is 3. The standard InChI is InChI=1S/C33H24Cl3N5O5/c34-21-11-10-20(26(35)14-21)12-22(17-45-41-32(43)24-6-1-2-7-25(24)33(41)44)38-31(42)30-27(16-37-29-15-28(36)39-40(29)30)46-23-5-3-4-19(13-23)18-8-9-18/h1-7,10-11,13-16,18,22H,8-9,12,17H2,(H,38,42). The zero-order chi connectivity index (χ0) is 31.9. The van der Waals surface area contributed by atoms with Gasteiger partial charge in [0.15, 0.2) is 22.2 Å². The quantitative estimate of drug-likeness (QED) is 0.160. The Kier molecular flexibility index (Phi) is 8.12. The molecule has 3 aromatic carbocycles. The topological polar surface area (TPSA) is 115 Å². The Morgan fingerprint density at radius 2 is 1.72 bits per heavy atom. The van der Waals surface area contributed by atoms with E-state index in [1.54, 1.807) is 48.5 Å². The lowest BCUT2D eigenvalue weighted by Crippen LogP contribution is -2.43. The van der Waals surface area contributed by atoms with Crippen LogP contribution in [0.25, 0.3) is 5.65 Å². The largest absolute Gasteiger partial charge is 0.453 e. The number of hydrogen-bond donors (Lipinski definition) is 1. The zero-order valence-electron chi connectivity index (χ0n) is 24.0. The number of rotatable bonds is 10. The number of hydrogen-bond acceptors (Lipinski definition) is 7. The lowest BCUT2D eigenvalue weighted by atomic mass is 10.1. The predicted molar refractivity (Wildman–Crippen MR) is 171 cm³/mol. The summed E-state index contributed by atoms with van der Waals surface area (Å²) in [7, 11) is 0. The zero-order valence-corrected chi connectivity index (χ0v) is 26.2. The lowest BCUT2D eigenvalue weighted by molar-refractivity contribution is -0.0968. The summed E-state index contributed by atoms with van der Waals surface area (Å²) in [6, 6.07) is 19.8. The molecule has 232 valence electrons. The molecule has 1 fully saturated rings. The van der Waals surface area contributed by atoms with Gasteiger partial charge >= 0.3 is 0 Å². The molecule has 1 N–H and O–H groups in total. The van der Waals surface area contributed by atoms with Crippen molar-refractivity contribution in [1.82, 2.24) is 25.0 Å². The second kappa shape index (κ2) is 12.4. The van der Waals surface area contributed by atoms with Crippen LogP contribution in [-0.4, -0.2) is 50.0 Å². The SMILES string of the molecule is O=C(NC(CON1C(=O)c2ccccc2C1=O)Cc1ccc(Cl)cc1Cl)c1c(Oc2cccc(C3CC3)c2)cnc2cc(Cl)nn12. The van der Waals surface area contributed by atoms with Crippen molar-refractivity contribution in [2.45, 2.75) is 31.2 Å². The van der Waals surface area contributed by atoms with Gasteiger partial charge in [-0.15, -0.1) is 5.06 Å². The van der Waals surface area contributed by atoms with Crippen molar-refractivity contribution in [2.75, 3.05) is 6.61 Å². The van der Waals surface area contributed by atoms with Crippen LogP contribution >= 0.6 is 34.8 Å². The molecular weight excluding hydrogens is 653 g/mol. The molecule has 1 aliphatic carbocycles. The molecule has 0 bridgehead atoms. The van der Waals surface area contributed by atoms with Crippen molar-refractivity contribution in [1.29, 1.82) is 0 Å². The van der Waals surface area contributed by atoms with Crippen molar-refractivity contribution in [3.63, 3.8) is 0 Å². The average molecular weight is 677 g/mol. The van der Waals surface area contributed by atoms with Crippen LogP contribution in [0.2, 0.25) is 15.2 Å². The molecule has 3 amide bonds.